The van der Waals surface area contributed by atoms with E-state index in [9.17, 15) is 0 Å². The molecule has 0 amide bonds. The highest BCUT2D eigenvalue weighted by Gasteiger charge is 2.25. The van der Waals surface area contributed by atoms with Crippen LogP contribution < -0.4 is 0 Å². The first-order valence-electron chi connectivity index (χ1n) is 6.08. The second-order valence-electron chi connectivity index (χ2n) is 3.56. The fourth-order valence-electron chi connectivity index (χ4n) is 1.46. The van der Waals surface area contributed by atoms with Crippen molar-refractivity contribution in [2.75, 3.05) is 13.2 Å². The van der Waals surface area contributed by atoms with Gasteiger partial charge in [-0.25, -0.2) is 0 Å². The van der Waals surface area contributed by atoms with Gasteiger partial charge >= 0.3 is 9.28 Å². The van der Waals surface area contributed by atoms with Crippen LogP contribution in [0.1, 0.15) is 47.5 Å². The second-order valence-corrected chi connectivity index (χ2v) is 5.84. The van der Waals surface area contributed by atoms with E-state index in [0.29, 0.717) is 12.7 Å². The van der Waals surface area contributed by atoms with Gasteiger partial charge in [-0.05, 0) is 33.6 Å². The number of hydrogen-bond acceptors (Lipinski definition) is 3. The molecular weight excluding hydrogens is 208 g/mol. The standard InChI is InChI=1S/C11H26O3Si/c1-6-11(7-2)14-15(13-9-4)10(5)12-8-3/h10-11,15H,6-9H2,1-5H3. The van der Waals surface area contributed by atoms with E-state index in [2.05, 4.69) is 20.8 Å². The minimum Gasteiger partial charge on any atom is -0.395 e. The summed E-state index contributed by atoms with van der Waals surface area (Å²) in [6.07, 6.45) is 2.42. The number of rotatable bonds is 9. The molecule has 0 aliphatic rings. The van der Waals surface area contributed by atoms with Gasteiger partial charge in [-0.3, -0.25) is 0 Å². The Morgan fingerprint density at radius 2 is 1.60 bits per heavy atom. The van der Waals surface area contributed by atoms with Crippen molar-refractivity contribution in [2.45, 2.75) is 59.3 Å². The summed E-state index contributed by atoms with van der Waals surface area (Å²) in [5.74, 6) is 0. The summed E-state index contributed by atoms with van der Waals surface area (Å²) in [6.45, 7) is 11.8. The highest BCUT2D eigenvalue weighted by molar-refractivity contribution is 6.46. The summed E-state index contributed by atoms with van der Waals surface area (Å²) in [7, 11) is -1.66. The first kappa shape index (κ1) is 15.1. The van der Waals surface area contributed by atoms with Crippen LogP contribution in [0, 0.1) is 0 Å². The molecule has 0 spiro atoms. The van der Waals surface area contributed by atoms with Crippen molar-refractivity contribution in [1.29, 1.82) is 0 Å². The maximum atomic E-state index is 6.00. The summed E-state index contributed by atoms with van der Waals surface area (Å²) >= 11 is 0. The molecule has 0 saturated carbocycles. The Morgan fingerprint density at radius 3 is 2.00 bits per heavy atom. The Labute approximate surface area is 96.0 Å². The van der Waals surface area contributed by atoms with Crippen LogP contribution >= 0.6 is 0 Å². The minimum absolute atomic E-state index is 0.135. The Morgan fingerprint density at radius 1 is 1.00 bits per heavy atom. The number of ether oxygens (including phenoxy) is 1. The van der Waals surface area contributed by atoms with Gasteiger partial charge in [-0.15, -0.1) is 0 Å². The molecule has 0 rings (SSSR count). The molecule has 2 atom stereocenters. The molecule has 3 nitrogen and oxygen atoms in total. The van der Waals surface area contributed by atoms with E-state index in [0.717, 1.165) is 19.4 Å². The molecule has 0 bridgehead atoms. The average Bonchev–Trinajstić information content (AvgIpc) is 2.24. The second kappa shape index (κ2) is 9.33. The molecule has 0 N–H and O–H groups in total. The van der Waals surface area contributed by atoms with Gasteiger partial charge in [-0.1, -0.05) is 13.8 Å². The summed E-state index contributed by atoms with van der Waals surface area (Å²) in [4.78, 5) is 0. The van der Waals surface area contributed by atoms with Gasteiger partial charge in [0.1, 0.15) is 0 Å². The normalized spacial score (nSPS) is 15.6. The van der Waals surface area contributed by atoms with E-state index in [1.54, 1.807) is 0 Å². The van der Waals surface area contributed by atoms with E-state index in [4.69, 9.17) is 13.6 Å². The first-order chi connectivity index (χ1) is 7.19. The van der Waals surface area contributed by atoms with Crippen LogP contribution in [0.3, 0.4) is 0 Å². The summed E-state index contributed by atoms with van der Waals surface area (Å²) in [5.41, 5.74) is 0.135. The Bertz CT molecular complexity index is 140. The average molecular weight is 234 g/mol. The molecule has 2 unspecified atom stereocenters. The van der Waals surface area contributed by atoms with Crippen LogP contribution in [-0.2, 0) is 13.6 Å². The molecule has 0 aliphatic heterocycles. The van der Waals surface area contributed by atoms with Gasteiger partial charge in [-0.2, -0.15) is 0 Å². The lowest BCUT2D eigenvalue weighted by molar-refractivity contribution is 0.0566. The predicted molar refractivity (Wildman–Crippen MR) is 65.3 cm³/mol. The van der Waals surface area contributed by atoms with Gasteiger partial charge in [0.05, 0.1) is 5.73 Å². The monoisotopic (exact) mass is 234 g/mol. The maximum absolute atomic E-state index is 6.00. The van der Waals surface area contributed by atoms with Gasteiger partial charge in [0.25, 0.3) is 0 Å². The van der Waals surface area contributed by atoms with Crippen LogP contribution in [0.15, 0.2) is 0 Å². The quantitative estimate of drug-likeness (QED) is 0.573. The lowest BCUT2D eigenvalue weighted by Crippen LogP contribution is -2.40. The molecule has 15 heavy (non-hydrogen) atoms. The van der Waals surface area contributed by atoms with E-state index in [1.165, 1.54) is 0 Å². The van der Waals surface area contributed by atoms with Crippen LogP contribution in [0.25, 0.3) is 0 Å². The third kappa shape index (κ3) is 6.30. The highest BCUT2D eigenvalue weighted by Crippen LogP contribution is 2.10. The molecule has 0 aromatic heterocycles. The van der Waals surface area contributed by atoms with Crippen molar-refractivity contribution < 1.29 is 13.6 Å². The van der Waals surface area contributed by atoms with Crippen molar-refractivity contribution in [2.24, 2.45) is 0 Å². The summed E-state index contributed by atoms with van der Waals surface area (Å²) in [5, 5.41) is 0. The van der Waals surface area contributed by atoms with E-state index in [-0.39, 0.29) is 5.73 Å². The van der Waals surface area contributed by atoms with Crippen molar-refractivity contribution in [3.63, 3.8) is 0 Å². The SMILES string of the molecule is CCOC(C)[SiH](OCC)OC(CC)CC. The minimum atomic E-state index is -1.66. The van der Waals surface area contributed by atoms with E-state index < -0.39 is 9.28 Å². The zero-order chi connectivity index (χ0) is 11.7. The summed E-state index contributed by atoms with van der Waals surface area (Å²) < 4.78 is 17.2. The lowest BCUT2D eigenvalue weighted by Gasteiger charge is -2.26. The molecule has 0 aromatic rings. The molecule has 0 radical (unpaired) electrons. The molecule has 0 fully saturated rings. The molecule has 92 valence electrons. The van der Waals surface area contributed by atoms with Crippen molar-refractivity contribution in [1.82, 2.24) is 0 Å². The largest absolute Gasteiger partial charge is 0.395 e. The fourth-order valence-corrected chi connectivity index (χ4v) is 3.48. The Kier molecular flexibility index (Phi) is 9.39. The van der Waals surface area contributed by atoms with E-state index >= 15 is 0 Å². The number of hydrogen-bond donors (Lipinski definition) is 0. The van der Waals surface area contributed by atoms with Crippen molar-refractivity contribution in [3.05, 3.63) is 0 Å². The lowest BCUT2D eigenvalue weighted by atomic mass is 10.2. The molecular formula is C11H26O3Si. The Hall–Kier alpha value is 0.0969. The highest BCUT2D eigenvalue weighted by atomic mass is 28.3. The first-order valence-corrected chi connectivity index (χ1v) is 7.69. The third-order valence-electron chi connectivity index (χ3n) is 2.38. The van der Waals surface area contributed by atoms with Gasteiger partial charge in [0.2, 0.25) is 0 Å². The maximum Gasteiger partial charge on any atom is 0.351 e. The Balaban J connectivity index is 4.11. The zero-order valence-electron chi connectivity index (χ0n) is 10.8. The van der Waals surface area contributed by atoms with Crippen molar-refractivity contribution >= 4 is 9.28 Å². The molecule has 4 heteroatoms. The van der Waals surface area contributed by atoms with Gasteiger partial charge in [0.15, 0.2) is 0 Å². The predicted octanol–water partition coefficient (Wildman–Crippen LogP) is 2.41. The fraction of sp³-hybridized carbons (Fsp3) is 1.00. The van der Waals surface area contributed by atoms with Crippen LogP contribution in [0.4, 0.5) is 0 Å². The molecule has 0 aliphatic carbocycles. The van der Waals surface area contributed by atoms with Gasteiger partial charge in [0, 0.05) is 19.3 Å². The molecule has 0 aromatic carbocycles. The molecule has 0 saturated heterocycles. The third-order valence-corrected chi connectivity index (χ3v) is 4.66. The molecule has 0 heterocycles. The van der Waals surface area contributed by atoms with Crippen molar-refractivity contribution in [3.8, 4) is 0 Å². The zero-order valence-corrected chi connectivity index (χ0v) is 11.9. The van der Waals surface area contributed by atoms with Crippen LogP contribution in [0.5, 0.6) is 0 Å². The topological polar surface area (TPSA) is 27.7 Å². The van der Waals surface area contributed by atoms with Crippen LogP contribution in [0.2, 0.25) is 0 Å². The van der Waals surface area contributed by atoms with Gasteiger partial charge < -0.3 is 13.6 Å². The van der Waals surface area contributed by atoms with Crippen LogP contribution in [-0.4, -0.2) is 34.3 Å². The smallest absolute Gasteiger partial charge is 0.351 e. The van der Waals surface area contributed by atoms with E-state index in [1.807, 2.05) is 13.8 Å². The summed E-state index contributed by atoms with van der Waals surface area (Å²) in [6, 6.07) is 0.